The van der Waals surface area contributed by atoms with Crippen LogP contribution >= 0.6 is 0 Å². The standard InChI is InChI=1S/C2H7N.2CH2O/c1-3-2;2*1-2/h3H,1-2H3;2*1H2. The molecule has 44 valence electrons. The van der Waals surface area contributed by atoms with E-state index in [1.54, 1.807) is 0 Å². The van der Waals surface area contributed by atoms with Gasteiger partial charge in [-0.05, 0) is 14.1 Å². The van der Waals surface area contributed by atoms with Crippen LogP contribution in [0.25, 0.3) is 0 Å². The van der Waals surface area contributed by atoms with Gasteiger partial charge in [-0.3, -0.25) is 0 Å². The van der Waals surface area contributed by atoms with Gasteiger partial charge in [-0.15, -0.1) is 0 Å². The fourth-order valence-corrected chi connectivity index (χ4v) is 0. The van der Waals surface area contributed by atoms with E-state index in [1.165, 1.54) is 0 Å². The molecule has 3 nitrogen and oxygen atoms in total. The Morgan fingerprint density at radius 3 is 1.00 bits per heavy atom. The summed E-state index contributed by atoms with van der Waals surface area (Å²) in [5, 5.41) is 2.75. The Labute approximate surface area is 43.7 Å². The Morgan fingerprint density at radius 2 is 1.00 bits per heavy atom. The van der Waals surface area contributed by atoms with Crippen LogP contribution in [0.5, 0.6) is 0 Å². The molecule has 3 heteroatoms. The van der Waals surface area contributed by atoms with Gasteiger partial charge in [-0.1, -0.05) is 0 Å². The summed E-state index contributed by atoms with van der Waals surface area (Å²) in [5.74, 6) is 0. The predicted molar refractivity (Wildman–Crippen MR) is 29.2 cm³/mol. The van der Waals surface area contributed by atoms with Gasteiger partial charge in [0, 0.05) is 0 Å². The van der Waals surface area contributed by atoms with Crippen molar-refractivity contribution in [3.05, 3.63) is 0 Å². The van der Waals surface area contributed by atoms with Crippen molar-refractivity contribution >= 4 is 13.6 Å². The minimum atomic E-state index is 1.88. The molecule has 0 radical (unpaired) electrons. The molecule has 0 aromatic carbocycles. The van der Waals surface area contributed by atoms with Crippen molar-refractivity contribution < 1.29 is 9.59 Å². The molecule has 1 N–H and O–H groups in total. The molecule has 0 aliphatic rings. The van der Waals surface area contributed by atoms with Crippen molar-refractivity contribution in [2.24, 2.45) is 0 Å². The first kappa shape index (κ1) is 16.3. The van der Waals surface area contributed by atoms with Crippen LogP contribution in [-0.2, 0) is 9.59 Å². The lowest BCUT2D eigenvalue weighted by Gasteiger charge is -1.59. The topological polar surface area (TPSA) is 46.2 Å². The highest BCUT2D eigenvalue weighted by Crippen LogP contribution is 0.981. The lowest BCUT2D eigenvalue weighted by atomic mass is 11.3. The molecule has 0 unspecified atom stereocenters. The Hall–Kier alpha value is -0.700. The number of rotatable bonds is 0. The van der Waals surface area contributed by atoms with Crippen molar-refractivity contribution in [3.63, 3.8) is 0 Å². The van der Waals surface area contributed by atoms with E-state index in [9.17, 15) is 0 Å². The summed E-state index contributed by atoms with van der Waals surface area (Å²) in [6, 6.07) is 0. The van der Waals surface area contributed by atoms with Crippen LogP contribution in [0.1, 0.15) is 0 Å². The first-order valence-corrected chi connectivity index (χ1v) is 1.58. The summed E-state index contributed by atoms with van der Waals surface area (Å²) in [6.07, 6.45) is 0. The Morgan fingerprint density at radius 1 is 1.00 bits per heavy atom. The summed E-state index contributed by atoms with van der Waals surface area (Å²) in [4.78, 5) is 16.0. The van der Waals surface area contributed by atoms with Crippen LogP contribution in [0, 0.1) is 0 Å². The fourth-order valence-electron chi connectivity index (χ4n) is 0. The summed E-state index contributed by atoms with van der Waals surface area (Å²) >= 11 is 0. The summed E-state index contributed by atoms with van der Waals surface area (Å²) in [5.41, 5.74) is 0. The third-order valence-corrected chi connectivity index (χ3v) is 0. The minimum Gasteiger partial charge on any atom is -0.323 e. The van der Waals surface area contributed by atoms with E-state index >= 15 is 0 Å². The highest BCUT2D eigenvalue weighted by molar-refractivity contribution is 5.11. The maximum atomic E-state index is 8.00. The molecule has 0 saturated heterocycles. The highest BCUT2D eigenvalue weighted by Gasteiger charge is 1.25. The molecule has 0 aliphatic carbocycles. The minimum absolute atomic E-state index is 1.88. The Kier molecular flexibility index (Phi) is 2530. The van der Waals surface area contributed by atoms with E-state index in [1.807, 2.05) is 27.7 Å². The van der Waals surface area contributed by atoms with E-state index in [-0.39, 0.29) is 0 Å². The average molecular weight is 105 g/mol. The SMILES string of the molecule is C=O.C=O.CNC. The number of nitrogens with one attached hydrogen (secondary N) is 1. The molecule has 0 aromatic rings. The summed E-state index contributed by atoms with van der Waals surface area (Å²) in [7, 11) is 3.75. The molecule has 0 fully saturated rings. The molecule has 0 amide bonds. The van der Waals surface area contributed by atoms with Gasteiger partial charge in [0.25, 0.3) is 0 Å². The first-order valence-electron chi connectivity index (χ1n) is 1.58. The molecular weight excluding hydrogens is 94.0 g/mol. The monoisotopic (exact) mass is 105 g/mol. The molecule has 0 saturated carbocycles. The molecule has 0 heterocycles. The van der Waals surface area contributed by atoms with Gasteiger partial charge in [-0.25, -0.2) is 0 Å². The van der Waals surface area contributed by atoms with Crippen molar-refractivity contribution in [3.8, 4) is 0 Å². The van der Waals surface area contributed by atoms with Crippen molar-refractivity contribution in [2.45, 2.75) is 0 Å². The van der Waals surface area contributed by atoms with Gasteiger partial charge >= 0.3 is 0 Å². The third-order valence-electron chi connectivity index (χ3n) is 0. The van der Waals surface area contributed by atoms with Crippen molar-refractivity contribution in [1.29, 1.82) is 0 Å². The zero-order valence-corrected chi connectivity index (χ0v) is 4.73. The van der Waals surface area contributed by atoms with Crippen LogP contribution < -0.4 is 5.32 Å². The second-order valence-electron chi connectivity index (χ2n) is 0.500. The second kappa shape index (κ2) is 1090. The predicted octanol–water partition coefficient (Wildman–Crippen LogP) is -0.534. The van der Waals surface area contributed by atoms with Crippen LogP contribution in [-0.4, -0.2) is 27.7 Å². The molecule has 0 bridgehead atoms. The fraction of sp³-hybridized carbons (Fsp3) is 0.500. The van der Waals surface area contributed by atoms with Gasteiger partial charge in [0.15, 0.2) is 0 Å². The lowest BCUT2D eigenvalue weighted by molar-refractivity contribution is -0.0987. The van der Waals surface area contributed by atoms with Crippen molar-refractivity contribution in [1.82, 2.24) is 5.32 Å². The normalized spacial score (nSPS) is 3.71. The van der Waals surface area contributed by atoms with Gasteiger partial charge in [0.1, 0.15) is 13.6 Å². The van der Waals surface area contributed by atoms with E-state index in [0.29, 0.717) is 0 Å². The third kappa shape index (κ3) is 118. The molecule has 7 heavy (non-hydrogen) atoms. The van der Waals surface area contributed by atoms with Gasteiger partial charge < -0.3 is 14.9 Å². The van der Waals surface area contributed by atoms with Crippen LogP contribution in [0.2, 0.25) is 0 Å². The number of carbonyl (C=O) groups is 2. The zero-order chi connectivity index (χ0) is 6.71. The van der Waals surface area contributed by atoms with Crippen LogP contribution in [0.4, 0.5) is 0 Å². The summed E-state index contributed by atoms with van der Waals surface area (Å²) < 4.78 is 0. The lowest BCUT2D eigenvalue weighted by Crippen LogP contribution is -1.89. The highest BCUT2D eigenvalue weighted by atomic mass is 16.1. The second-order valence-corrected chi connectivity index (χ2v) is 0.500. The first-order chi connectivity index (χ1) is 3.41. The molecule has 0 rings (SSSR count). The van der Waals surface area contributed by atoms with Crippen molar-refractivity contribution in [2.75, 3.05) is 14.1 Å². The molecule has 0 spiro atoms. The van der Waals surface area contributed by atoms with Crippen LogP contribution in [0.15, 0.2) is 0 Å². The number of carbonyl (C=O) groups excluding carboxylic acids is 2. The van der Waals surface area contributed by atoms with Gasteiger partial charge in [0.2, 0.25) is 0 Å². The van der Waals surface area contributed by atoms with Gasteiger partial charge in [0.05, 0.1) is 0 Å². The van der Waals surface area contributed by atoms with E-state index in [2.05, 4.69) is 5.32 Å². The average Bonchev–Trinajstić information content (AvgIpc) is 1.78. The molecule has 0 aliphatic heterocycles. The largest absolute Gasteiger partial charge is 0.323 e. The molecular formula is C4H11NO2. The van der Waals surface area contributed by atoms with E-state index < -0.39 is 0 Å². The zero-order valence-electron chi connectivity index (χ0n) is 4.73. The number of hydrogen-bond acceptors (Lipinski definition) is 3. The van der Waals surface area contributed by atoms with Crippen LogP contribution in [0.3, 0.4) is 0 Å². The molecule has 0 atom stereocenters. The summed E-state index contributed by atoms with van der Waals surface area (Å²) in [6.45, 7) is 4.00. The molecule has 0 aromatic heterocycles. The van der Waals surface area contributed by atoms with Gasteiger partial charge in [-0.2, -0.15) is 0 Å². The Bertz CT molecular complexity index is 17.2. The quantitative estimate of drug-likeness (QED) is 0.450. The number of hydrogen-bond donors (Lipinski definition) is 1. The maximum Gasteiger partial charge on any atom is 0.106 e. The Balaban J connectivity index is -0.0000000360. The van der Waals surface area contributed by atoms with E-state index in [4.69, 9.17) is 9.59 Å². The van der Waals surface area contributed by atoms with E-state index in [0.717, 1.165) is 0 Å². The smallest absolute Gasteiger partial charge is 0.106 e. The maximum absolute atomic E-state index is 8.00.